The molecule has 1 nitrogen and oxygen atoms in total. The van der Waals surface area contributed by atoms with Gasteiger partial charge in [0, 0.05) is 11.5 Å². The van der Waals surface area contributed by atoms with E-state index in [4.69, 9.17) is 0 Å². The molecular weight excluding hydrogens is 254 g/mol. The van der Waals surface area contributed by atoms with Crippen molar-refractivity contribution in [2.24, 2.45) is 0 Å². The fourth-order valence-corrected chi connectivity index (χ4v) is 4.01. The largest absolute Gasteiger partial charge is 0.312 e. The fourth-order valence-electron chi connectivity index (χ4n) is 4.01. The molecule has 0 aromatic heterocycles. The summed E-state index contributed by atoms with van der Waals surface area (Å²) >= 11 is 0. The zero-order chi connectivity index (χ0) is 14.9. The van der Waals surface area contributed by atoms with Crippen molar-refractivity contribution in [3.05, 3.63) is 70.8 Å². The molecule has 0 aliphatic heterocycles. The van der Waals surface area contributed by atoms with E-state index in [1.54, 1.807) is 0 Å². The van der Waals surface area contributed by atoms with Gasteiger partial charge < -0.3 is 5.32 Å². The Balaban J connectivity index is 2.05. The summed E-state index contributed by atoms with van der Waals surface area (Å²) in [7, 11) is 2.10. The van der Waals surface area contributed by atoms with Crippen LogP contribution in [0.3, 0.4) is 0 Å². The summed E-state index contributed by atoms with van der Waals surface area (Å²) in [6, 6.07) is 18.4. The van der Waals surface area contributed by atoms with E-state index in [-0.39, 0.29) is 5.41 Å². The van der Waals surface area contributed by atoms with Crippen molar-refractivity contribution in [1.82, 2.24) is 5.32 Å². The van der Waals surface area contributed by atoms with Gasteiger partial charge in [0.05, 0.1) is 0 Å². The highest BCUT2D eigenvalue weighted by molar-refractivity contribution is 5.38. The quantitative estimate of drug-likeness (QED) is 0.856. The van der Waals surface area contributed by atoms with Gasteiger partial charge in [-0.15, -0.1) is 0 Å². The minimum atomic E-state index is 0.260. The summed E-state index contributed by atoms with van der Waals surface area (Å²) in [5.74, 6) is 0. The van der Waals surface area contributed by atoms with Crippen molar-refractivity contribution >= 4 is 0 Å². The van der Waals surface area contributed by atoms with Crippen molar-refractivity contribution in [2.45, 2.75) is 44.6 Å². The maximum Gasteiger partial charge on any atom is 0.0415 e. The number of nitrogens with one attached hydrogen (secondary N) is 1. The highest BCUT2D eigenvalue weighted by atomic mass is 14.9. The van der Waals surface area contributed by atoms with Gasteiger partial charge >= 0.3 is 0 Å². The molecule has 0 radical (unpaired) electrons. The third-order valence-corrected chi connectivity index (χ3v) is 5.01. The van der Waals surface area contributed by atoms with E-state index in [0.717, 1.165) is 0 Å². The molecule has 1 saturated carbocycles. The molecule has 1 heteroatoms. The second-order valence-electron chi connectivity index (χ2n) is 6.52. The van der Waals surface area contributed by atoms with Crippen molar-refractivity contribution in [2.75, 3.05) is 7.05 Å². The highest BCUT2D eigenvalue weighted by Gasteiger charge is 2.45. The molecule has 1 unspecified atom stereocenters. The summed E-state index contributed by atoms with van der Waals surface area (Å²) < 4.78 is 0. The van der Waals surface area contributed by atoms with Crippen LogP contribution >= 0.6 is 0 Å². The molecule has 1 aliphatic rings. The molecule has 0 amide bonds. The van der Waals surface area contributed by atoms with Crippen LogP contribution < -0.4 is 5.32 Å². The summed E-state index contributed by atoms with van der Waals surface area (Å²) in [6.07, 6.45) is 3.88. The van der Waals surface area contributed by atoms with Crippen molar-refractivity contribution in [3.8, 4) is 0 Å². The molecule has 1 atom stereocenters. The Bertz CT molecular complexity index is 591. The monoisotopic (exact) mass is 279 g/mol. The third-order valence-electron chi connectivity index (χ3n) is 5.01. The van der Waals surface area contributed by atoms with Crippen molar-refractivity contribution in [3.63, 3.8) is 0 Å². The van der Waals surface area contributed by atoms with E-state index in [1.165, 1.54) is 41.5 Å². The molecule has 1 N–H and O–H groups in total. The first kappa shape index (κ1) is 14.3. The molecule has 0 heterocycles. The van der Waals surface area contributed by atoms with E-state index in [9.17, 15) is 0 Å². The topological polar surface area (TPSA) is 12.0 Å². The molecule has 21 heavy (non-hydrogen) atoms. The van der Waals surface area contributed by atoms with Crippen LogP contribution in [0.5, 0.6) is 0 Å². The number of rotatable bonds is 4. The van der Waals surface area contributed by atoms with Gasteiger partial charge in [-0.05, 0) is 44.9 Å². The van der Waals surface area contributed by atoms with E-state index >= 15 is 0 Å². The zero-order valence-electron chi connectivity index (χ0n) is 13.3. The summed E-state index contributed by atoms with van der Waals surface area (Å²) in [6.45, 7) is 4.39. The number of hydrogen-bond donors (Lipinski definition) is 1. The van der Waals surface area contributed by atoms with Gasteiger partial charge in [-0.25, -0.2) is 0 Å². The Labute approximate surface area is 128 Å². The summed E-state index contributed by atoms with van der Waals surface area (Å²) in [4.78, 5) is 0. The number of benzene rings is 2. The first-order valence-electron chi connectivity index (χ1n) is 7.97. The van der Waals surface area contributed by atoms with E-state index in [1.807, 2.05) is 0 Å². The SMILES string of the molecule is CNC(c1cc(C)cc(C)c1)C1(c2ccccc2)CCC1. The second-order valence-corrected chi connectivity index (χ2v) is 6.52. The maximum absolute atomic E-state index is 3.61. The van der Waals surface area contributed by atoms with E-state index < -0.39 is 0 Å². The fraction of sp³-hybridized carbons (Fsp3) is 0.400. The number of aryl methyl sites for hydroxylation is 2. The average Bonchev–Trinajstić information content (AvgIpc) is 2.42. The first-order valence-corrected chi connectivity index (χ1v) is 7.97. The van der Waals surface area contributed by atoms with Crippen molar-refractivity contribution < 1.29 is 0 Å². The molecule has 0 bridgehead atoms. The Morgan fingerprint density at radius 3 is 2.05 bits per heavy atom. The molecule has 2 aromatic rings. The van der Waals surface area contributed by atoms with Gasteiger partial charge in [0.25, 0.3) is 0 Å². The van der Waals surface area contributed by atoms with Gasteiger partial charge in [-0.2, -0.15) is 0 Å². The minimum Gasteiger partial charge on any atom is -0.312 e. The summed E-state index contributed by atoms with van der Waals surface area (Å²) in [5.41, 5.74) is 5.88. The number of hydrogen-bond acceptors (Lipinski definition) is 1. The van der Waals surface area contributed by atoms with Crippen LogP contribution in [0.4, 0.5) is 0 Å². The first-order chi connectivity index (χ1) is 10.2. The molecule has 0 spiro atoms. The molecule has 0 saturated heterocycles. The normalized spacial score (nSPS) is 18.0. The van der Waals surface area contributed by atoms with Crippen LogP contribution in [0.1, 0.15) is 47.6 Å². The van der Waals surface area contributed by atoms with Crippen LogP contribution in [-0.2, 0) is 5.41 Å². The molecular formula is C20H25N. The predicted molar refractivity (Wildman–Crippen MR) is 89.7 cm³/mol. The van der Waals surface area contributed by atoms with Crippen LogP contribution in [0, 0.1) is 13.8 Å². The Kier molecular flexibility index (Phi) is 3.86. The van der Waals surface area contributed by atoms with E-state index in [2.05, 4.69) is 74.7 Å². The molecule has 3 rings (SSSR count). The van der Waals surface area contributed by atoms with Crippen LogP contribution in [0.2, 0.25) is 0 Å². The van der Waals surface area contributed by atoms with Gasteiger partial charge in [-0.3, -0.25) is 0 Å². The zero-order valence-corrected chi connectivity index (χ0v) is 13.3. The van der Waals surface area contributed by atoms with E-state index in [0.29, 0.717) is 6.04 Å². The lowest BCUT2D eigenvalue weighted by Crippen LogP contribution is -2.45. The molecule has 1 fully saturated rings. The van der Waals surface area contributed by atoms with Gasteiger partial charge in [0.15, 0.2) is 0 Å². The third kappa shape index (κ3) is 2.51. The lowest BCUT2D eigenvalue weighted by atomic mass is 9.58. The standard InChI is InChI=1S/C20H25N/c1-15-12-16(2)14-17(13-15)19(21-3)20(10-7-11-20)18-8-5-4-6-9-18/h4-6,8-9,12-14,19,21H,7,10-11H2,1-3H3. The highest BCUT2D eigenvalue weighted by Crippen LogP contribution is 2.52. The van der Waals surface area contributed by atoms with Crippen LogP contribution in [0.15, 0.2) is 48.5 Å². The lowest BCUT2D eigenvalue weighted by Gasteiger charge is -2.48. The number of likely N-dealkylation sites (N-methyl/N-ethyl adjacent to an activating group) is 1. The lowest BCUT2D eigenvalue weighted by molar-refractivity contribution is 0.175. The average molecular weight is 279 g/mol. The Hall–Kier alpha value is -1.60. The minimum absolute atomic E-state index is 0.260. The van der Waals surface area contributed by atoms with Gasteiger partial charge in [0.2, 0.25) is 0 Å². The molecule has 1 aliphatic carbocycles. The predicted octanol–water partition coefficient (Wildman–Crippen LogP) is 4.69. The maximum atomic E-state index is 3.61. The summed E-state index contributed by atoms with van der Waals surface area (Å²) in [5, 5.41) is 3.61. The Morgan fingerprint density at radius 2 is 1.57 bits per heavy atom. The van der Waals surface area contributed by atoms with Crippen LogP contribution in [0.25, 0.3) is 0 Å². The second kappa shape index (κ2) is 5.65. The Morgan fingerprint density at radius 1 is 0.952 bits per heavy atom. The van der Waals surface area contributed by atoms with Crippen molar-refractivity contribution in [1.29, 1.82) is 0 Å². The van der Waals surface area contributed by atoms with Crippen LogP contribution in [-0.4, -0.2) is 7.05 Å². The van der Waals surface area contributed by atoms with Gasteiger partial charge in [-0.1, -0.05) is 66.1 Å². The van der Waals surface area contributed by atoms with Gasteiger partial charge in [0.1, 0.15) is 0 Å². The molecule has 110 valence electrons. The smallest absolute Gasteiger partial charge is 0.0415 e. The molecule has 2 aromatic carbocycles.